The largest absolute Gasteiger partial charge is 0.494 e. The van der Waals surface area contributed by atoms with Gasteiger partial charge in [0.05, 0.1) is 6.61 Å². The third-order valence-corrected chi connectivity index (χ3v) is 4.15. The maximum Gasteiger partial charge on any atom is 0.231 e. The monoisotopic (exact) mass is 325 g/mol. The van der Waals surface area contributed by atoms with E-state index in [1.165, 1.54) is 0 Å². The summed E-state index contributed by atoms with van der Waals surface area (Å²) >= 11 is 0. The van der Waals surface area contributed by atoms with Crippen LogP contribution in [0.15, 0.2) is 48.5 Å². The first-order valence-electron chi connectivity index (χ1n) is 8.49. The Bertz CT molecular complexity index is 699. The number of rotatable bonds is 7. The van der Waals surface area contributed by atoms with Crippen molar-refractivity contribution in [2.45, 2.75) is 32.2 Å². The van der Waals surface area contributed by atoms with Crippen LogP contribution in [-0.4, -0.2) is 19.1 Å². The summed E-state index contributed by atoms with van der Waals surface area (Å²) in [6.45, 7) is 3.76. The van der Waals surface area contributed by atoms with E-state index in [1.807, 2.05) is 48.5 Å². The summed E-state index contributed by atoms with van der Waals surface area (Å²) in [5.41, 5.74) is 2.00. The van der Waals surface area contributed by atoms with E-state index in [0.29, 0.717) is 13.2 Å². The van der Waals surface area contributed by atoms with E-state index >= 15 is 0 Å². The Hall–Kier alpha value is -2.49. The number of hydrogen-bond acceptors (Lipinski definition) is 3. The summed E-state index contributed by atoms with van der Waals surface area (Å²) in [5.74, 6) is 1.43. The van der Waals surface area contributed by atoms with Crippen molar-refractivity contribution in [3.8, 4) is 11.5 Å². The molecule has 3 rings (SSSR count). The van der Waals surface area contributed by atoms with Gasteiger partial charge in [-0.2, -0.15) is 0 Å². The molecule has 1 unspecified atom stereocenters. The van der Waals surface area contributed by atoms with Crippen LogP contribution in [0.2, 0.25) is 0 Å². The van der Waals surface area contributed by atoms with Gasteiger partial charge in [0.2, 0.25) is 5.91 Å². The maximum absolute atomic E-state index is 12.5. The van der Waals surface area contributed by atoms with E-state index in [-0.39, 0.29) is 11.8 Å². The molecule has 4 heteroatoms. The van der Waals surface area contributed by atoms with Gasteiger partial charge < -0.3 is 14.8 Å². The highest BCUT2D eigenvalue weighted by atomic mass is 16.5. The molecule has 0 spiro atoms. The highest BCUT2D eigenvalue weighted by Gasteiger charge is 2.29. The summed E-state index contributed by atoms with van der Waals surface area (Å²) < 4.78 is 11.3. The lowest BCUT2D eigenvalue weighted by Gasteiger charge is -2.11. The van der Waals surface area contributed by atoms with Crippen LogP contribution in [0, 0.1) is 0 Å². The molecular formula is C20H23NO3. The standard InChI is InChI=1S/C20H23NO3/c1-2-3-11-23-16-8-6-7-15(12-16)13-21-20(22)18-14-24-19-10-5-4-9-17(18)19/h4-10,12,18H,2-3,11,13-14H2,1H3,(H,21,22). The number of nitrogens with one attached hydrogen (secondary N) is 1. The van der Waals surface area contributed by atoms with Crippen LogP contribution in [0.1, 0.15) is 36.8 Å². The lowest BCUT2D eigenvalue weighted by atomic mass is 10.0. The molecule has 2 aromatic carbocycles. The molecule has 1 amide bonds. The summed E-state index contributed by atoms with van der Waals surface area (Å²) in [6.07, 6.45) is 2.16. The molecule has 0 bridgehead atoms. The topological polar surface area (TPSA) is 47.6 Å². The molecule has 1 N–H and O–H groups in total. The molecule has 2 aromatic rings. The molecule has 0 radical (unpaired) electrons. The Morgan fingerprint density at radius 3 is 3.00 bits per heavy atom. The van der Waals surface area contributed by atoms with Crippen molar-refractivity contribution in [3.63, 3.8) is 0 Å². The normalized spacial score (nSPS) is 15.5. The van der Waals surface area contributed by atoms with Gasteiger partial charge >= 0.3 is 0 Å². The lowest BCUT2D eigenvalue weighted by Crippen LogP contribution is -2.29. The average molecular weight is 325 g/mol. The number of para-hydroxylation sites is 1. The molecule has 126 valence electrons. The van der Waals surface area contributed by atoms with Gasteiger partial charge in [0.25, 0.3) is 0 Å². The second kappa shape index (κ2) is 7.86. The number of ether oxygens (including phenoxy) is 2. The Balaban J connectivity index is 1.56. The highest BCUT2D eigenvalue weighted by molar-refractivity contribution is 5.85. The molecule has 1 atom stereocenters. The van der Waals surface area contributed by atoms with Gasteiger partial charge in [-0.15, -0.1) is 0 Å². The molecular weight excluding hydrogens is 302 g/mol. The van der Waals surface area contributed by atoms with Gasteiger partial charge in [-0.3, -0.25) is 4.79 Å². The zero-order valence-corrected chi connectivity index (χ0v) is 14.0. The second-order valence-electron chi connectivity index (χ2n) is 5.97. The molecule has 1 aliphatic heterocycles. The molecule has 0 saturated heterocycles. The van der Waals surface area contributed by atoms with Crippen molar-refractivity contribution in [2.24, 2.45) is 0 Å². The minimum atomic E-state index is -0.231. The van der Waals surface area contributed by atoms with Crippen LogP contribution in [0.4, 0.5) is 0 Å². The first-order valence-corrected chi connectivity index (χ1v) is 8.49. The fourth-order valence-corrected chi connectivity index (χ4v) is 2.77. The fraction of sp³-hybridized carbons (Fsp3) is 0.350. The quantitative estimate of drug-likeness (QED) is 0.790. The Morgan fingerprint density at radius 1 is 1.25 bits per heavy atom. The van der Waals surface area contributed by atoms with E-state index in [9.17, 15) is 4.79 Å². The van der Waals surface area contributed by atoms with Crippen LogP contribution < -0.4 is 14.8 Å². The van der Waals surface area contributed by atoms with E-state index in [2.05, 4.69) is 12.2 Å². The third-order valence-electron chi connectivity index (χ3n) is 4.15. The summed E-state index contributed by atoms with van der Waals surface area (Å²) in [5, 5.41) is 3.00. The Labute approximate surface area is 142 Å². The van der Waals surface area contributed by atoms with Crippen LogP contribution in [0.25, 0.3) is 0 Å². The van der Waals surface area contributed by atoms with E-state index in [0.717, 1.165) is 42.1 Å². The van der Waals surface area contributed by atoms with Crippen LogP contribution >= 0.6 is 0 Å². The van der Waals surface area contributed by atoms with Crippen LogP contribution in [-0.2, 0) is 11.3 Å². The number of unbranched alkanes of at least 4 members (excludes halogenated alkanes) is 1. The lowest BCUT2D eigenvalue weighted by molar-refractivity contribution is -0.122. The highest BCUT2D eigenvalue weighted by Crippen LogP contribution is 2.33. The van der Waals surface area contributed by atoms with Crippen molar-refractivity contribution < 1.29 is 14.3 Å². The number of hydrogen-bond donors (Lipinski definition) is 1. The van der Waals surface area contributed by atoms with Crippen molar-refractivity contribution >= 4 is 5.91 Å². The molecule has 0 fully saturated rings. The van der Waals surface area contributed by atoms with Crippen LogP contribution in [0.5, 0.6) is 11.5 Å². The van der Waals surface area contributed by atoms with Crippen molar-refractivity contribution in [3.05, 3.63) is 59.7 Å². The Kier molecular flexibility index (Phi) is 5.36. The molecule has 0 saturated carbocycles. The van der Waals surface area contributed by atoms with Gasteiger partial charge in [0.15, 0.2) is 0 Å². The number of fused-ring (bicyclic) bond motifs is 1. The zero-order chi connectivity index (χ0) is 16.8. The molecule has 0 aliphatic carbocycles. The van der Waals surface area contributed by atoms with E-state index in [1.54, 1.807) is 0 Å². The second-order valence-corrected chi connectivity index (χ2v) is 5.97. The summed E-state index contributed by atoms with van der Waals surface area (Å²) in [7, 11) is 0. The first kappa shape index (κ1) is 16.4. The molecule has 1 aliphatic rings. The Morgan fingerprint density at radius 2 is 2.12 bits per heavy atom. The fourth-order valence-electron chi connectivity index (χ4n) is 2.77. The molecule has 24 heavy (non-hydrogen) atoms. The van der Waals surface area contributed by atoms with Gasteiger partial charge in [-0.05, 0) is 30.2 Å². The summed E-state index contributed by atoms with van der Waals surface area (Å²) in [4.78, 5) is 12.5. The van der Waals surface area contributed by atoms with Crippen molar-refractivity contribution in [1.29, 1.82) is 0 Å². The molecule has 0 aromatic heterocycles. The smallest absolute Gasteiger partial charge is 0.231 e. The van der Waals surface area contributed by atoms with E-state index < -0.39 is 0 Å². The summed E-state index contributed by atoms with van der Waals surface area (Å²) in [6, 6.07) is 15.6. The molecule has 4 nitrogen and oxygen atoms in total. The number of carbonyl (C=O) groups excluding carboxylic acids is 1. The SMILES string of the molecule is CCCCOc1cccc(CNC(=O)C2COc3ccccc32)c1. The minimum Gasteiger partial charge on any atom is -0.494 e. The average Bonchev–Trinajstić information content (AvgIpc) is 3.04. The zero-order valence-electron chi connectivity index (χ0n) is 14.0. The van der Waals surface area contributed by atoms with Crippen molar-refractivity contribution in [1.82, 2.24) is 5.32 Å². The van der Waals surface area contributed by atoms with Crippen molar-refractivity contribution in [2.75, 3.05) is 13.2 Å². The maximum atomic E-state index is 12.5. The predicted molar refractivity (Wildman–Crippen MR) is 93.4 cm³/mol. The van der Waals surface area contributed by atoms with E-state index in [4.69, 9.17) is 9.47 Å². The number of benzene rings is 2. The van der Waals surface area contributed by atoms with Gasteiger partial charge in [-0.25, -0.2) is 0 Å². The number of carbonyl (C=O) groups is 1. The molecule has 1 heterocycles. The minimum absolute atomic E-state index is 0.00254. The van der Waals surface area contributed by atoms with Gasteiger partial charge in [0.1, 0.15) is 24.0 Å². The van der Waals surface area contributed by atoms with Gasteiger partial charge in [0, 0.05) is 12.1 Å². The number of amides is 1. The predicted octanol–water partition coefficient (Wildman–Crippen LogP) is 3.66. The first-order chi connectivity index (χ1) is 11.8. The third kappa shape index (κ3) is 3.88. The van der Waals surface area contributed by atoms with Gasteiger partial charge in [-0.1, -0.05) is 43.7 Å². The van der Waals surface area contributed by atoms with Crippen LogP contribution in [0.3, 0.4) is 0 Å².